The average molecular weight is 387 g/mol. The van der Waals surface area contributed by atoms with Crippen molar-refractivity contribution in [1.82, 2.24) is 4.90 Å². The second-order valence-corrected chi connectivity index (χ2v) is 7.61. The number of fused-ring (bicyclic) bond motifs is 3. The van der Waals surface area contributed by atoms with Gasteiger partial charge in [0.15, 0.2) is 0 Å². The summed E-state index contributed by atoms with van der Waals surface area (Å²) in [6.07, 6.45) is -1.18. The summed E-state index contributed by atoms with van der Waals surface area (Å²) in [5.74, 6) is 0.0291. The Morgan fingerprint density at radius 3 is 2.24 bits per heavy atom. The van der Waals surface area contributed by atoms with Crippen LogP contribution in [0.15, 0.2) is 72.8 Å². The molecule has 1 unspecified atom stereocenters. The van der Waals surface area contributed by atoms with Crippen LogP contribution in [0.25, 0.3) is 11.1 Å². The van der Waals surface area contributed by atoms with E-state index in [2.05, 4.69) is 24.3 Å². The van der Waals surface area contributed by atoms with Crippen molar-refractivity contribution in [3.05, 3.63) is 95.1 Å². The molecule has 0 spiro atoms. The van der Waals surface area contributed by atoms with Gasteiger partial charge in [0.25, 0.3) is 0 Å². The molecule has 0 bridgehead atoms. The van der Waals surface area contributed by atoms with Crippen molar-refractivity contribution in [2.24, 2.45) is 0 Å². The normalized spacial score (nSPS) is 13.5. The number of ether oxygens (including phenoxy) is 1. The zero-order valence-electron chi connectivity index (χ0n) is 16.7. The summed E-state index contributed by atoms with van der Waals surface area (Å²) in [4.78, 5) is 14.0. The standard InChI is InChI=1S/C25H25NO3/c1-17-8-7-9-18(14-17)24(27)15-26(2)25(28)29-16-23-21-12-5-3-10-19(21)20-11-4-6-13-22(20)23/h3-14,23-24,27H,15-16H2,1-2H3. The van der Waals surface area contributed by atoms with E-state index < -0.39 is 12.2 Å². The number of carbonyl (C=O) groups is 1. The van der Waals surface area contributed by atoms with E-state index in [1.165, 1.54) is 27.2 Å². The summed E-state index contributed by atoms with van der Waals surface area (Å²) >= 11 is 0. The highest BCUT2D eigenvalue weighted by Crippen LogP contribution is 2.44. The summed E-state index contributed by atoms with van der Waals surface area (Å²) < 4.78 is 5.64. The predicted molar refractivity (Wildman–Crippen MR) is 114 cm³/mol. The van der Waals surface area contributed by atoms with Crippen molar-refractivity contribution in [2.75, 3.05) is 20.2 Å². The molecule has 1 amide bonds. The molecule has 0 heterocycles. The third kappa shape index (κ3) is 3.89. The van der Waals surface area contributed by atoms with Crippen molar-refractivity contribution in [1.29, 1.82) is 0 Å². The van der Waals surface area contributed by atoms with Gasteiger partial charge < -0.3 is 14.7 Å². The maximum absolute atomic E-state index is 12.6. The maximum Gasteiger partial charge on any atom is 0.409 e. The Morgan fingerprint density at radius 2 is 1.62 bits per heavy atom. The predicted octanol–water partition coefficient (Wildman–Crippen LogP) is 4.91. The summed E-state index contributed by atoms with van der Waals surface area (Å²) in [6, 6.07) is 24.2. The van der Waals surface area contributed by atoms with E-state index in [0.29, 0.717) is 0 Å². The van der Waals surface area contributed by atoms with Crippen molar-refractivity contribution >= 4 is 6.09 Å². The summed E-state index contributed by atoms with van der Waals surface area (Å²) in [5.41, 5.74) is 6.64. The highest BCUT2D eigenvalue weighted by Gasteiger charge is 2.29. The number of amides is 1. The van der Waals surface area contributed by atoms with Gasteiger partial charge in [-0.15, -0.1) is 0 Å². The fourth-order valence-corrected chi connectivity index (χ4v) is 4.02. The number of aliphatic hydroxyl groups is 1. The van der Waals surface area contributed by atoms with Gasteiger partial charge in [-0.05, 0) is 34.7 Å². The van der Waals surface area contributed by atoms with Gasteiger partial charge in [-0.3, -0.25) is 0 Å². The lowest BCUT2D eigenvalue weighted by Gasteiger charge is -2.22. The molecule has 0 saturated carbocycles. The van der Waals surface area contributed by atoms with Crippen LogP contribution in [-0.2, 0) is 4.74 Å². The molecule has 29 heavy (non-hydrogen) atoms. The molecular formula is C25H25NO3. The number of benzene rings is 3. The Bertz CT molecular complexity index is 984. The zero-order chi connectivity index (χ0) is 20.4. The van der Waals surface area contributed by atoms with Gasteiger partial charge >= 0.3 is 6.09 Å². The maximum atomic E-state index is 12.6. The van der Waals surface area contributed by atoms with E-state index in [4.69, 9.17) is 4.74 Å². The number of carbonyl (C=O) groups excluding carboxylic acids is 1. The first-order valence-electron chi connectivity index (χ1n) is 9.85. The Hall–Kier alpha value is -3.11. The molecule has 148 valence electrons. The number of aryl methyl sites for hydroxylation is 1. The minimum absolute atomic E-state index is 0.0291. The summed E-state index contributed by atoms with van der Waals surface area (Å²) in [6.45, 7) is 2.43. The molecule has 1 atom stereocenters. The van der Waals surface area contributed by atoms with Gasteiger partial charge in [0.1, 0.15) is 6.61 Å². The Labute approximate surface area is 171 Å². The van der Waals surface area contributed by atoms with Crippen molar-refractivity contribution in [3.8, 4) is 11.1 Å². The second-order valence-electron chi connectivity index (χ2n) is 7.61. The van der Waals surface area contributed by atoms with Crippen molar-refractivity contribution in [2.45, 2.75) is 18.9 Å². The van der Waals surface area contributed by atoms with E-state index in [1.54, 1.807) is 7.05 Å². The molecule has 1 N–H and O–H groups in total. The number of rotatable bonds is 5. The second kappa shape index (κ2) is 8.10. The van der Waals surface area contributed by atoms with Gasteiger partial charge in [-0.2, -0.15) is 0 Å². The third-order valence-corrected chi connectivity index (χ3v) is 5.52. The SMILES string of the molecule is Cc1cccc(C(O)CN(C)C(=O)OCC2c3ccccc3-c3ccccc32)c1. The van der Waals surface area contributed by atoms with E-state index in [9.17, 15) is 9.90 Å². The molecule has 0 aromatic heterocycles. The van der Waals surface area contributed by atoms with Gasteiger partial charge in [0, 0.05) is 13.0 Å². The molecule has 4 heteroatoms. The van der Waals surface area contributed by atoms with Crippen LogP contribution in [0.5, 0.6) is 0 Å². The summed E-state index contributed by atoms with van der Waals surface area (Å²) in [7, 11) is 1.65. The lowest BCUT2D eigenvalue weighted by atomic mass is 9.98. The van der Waals surface area contributed by atoms with Crippen LogP contribution < -0.4 is 0 Å². The van der Waals surface area contributed by atoms with Crippen LogP contribution in [0.4, 0.5) is 4.79 Å². The van der Waals surface area contributed by atoms with E-state index >= 15 is 0 Å². The van der Waals surface area contributed by atoms with Gasteiger partial charge in [0.05, 0.1) is 12.6 Å². The van der Waals surface area contributed by atoms with Gasteiger partial charge in [0.2, 0.25) is 0 Å². The molecule has 4 rings (SSSR count). The molecular weight excluding hydrogens is 362 g/mol. The smallest absolute Gasteiger partial charge is 0.409 e. The number of nitrogens with zero attached hydrogens (tertiary/aromatic N) is 1. The molecule has 1 aliphatic rings. The highest BCUT2D eigenvalue weighted by atomic mass is 16.6. The highest BCUT2D eigenvalue weighted by molar-refractivity contribution is 5.79. The summed E-state index contributed by atoms with van der Waals surface area (Å²) in [5, 5.41) is 10.5. The lowest BCUT2D eigenvalue weighted by Crippen LogP contribution is -2.32. The lowest BCUT2D eigenvalue weighted by molar-refractivity contribution is 0.0814. The molecule has 0 aliphatic heterocycles. The topological polar surface area (TPSA) is 49.8 Å². The van der Waals surface area contributed by atoms with E-state index in [-0.39, 0.29) is 19.1 Å². The molecule has 3 aromatic rings. The first kappa shape index (κ1) is 19.2. The number of likely N-dealkylation sites (N-methyl/N-ethyl adjacent to an activating group) is 1. The number of hydrogen-bond donors (Lipinski definition) is 1. The molecule has 0 radical (unpaired) electrons. The average Bonchev–Trinajstić information content (AvgIpc) is 3.06. The van der Waals surface area contributed by atoms with Gasteiger partial charge in [-0.25, -0.2) is 4.79 Å². The van der Waals surface area contributed by atoms with Crippen LogP contribution >= 0.6 is 0 Å². The fourth-order valence-electron chi connectivity index (χ4n) is 4.02. The van der Waals surface area contributed by atoms with Crippen LogP contribution in [0, 0.1) is 6.92 Å². The van der Waals surface area contributed by atoms with Crippen LogP contribution in [-0.4, -0.2) is 36.3 Å². The Morgan fingerprint density at radius 1 is 1.00 bits per heavy atom. The van der Waals surface area contributed by atoms with Crippen molar-refractivity contribution < 1.29 is 14.6 Å². The van der Waals surface area contributed by atoms with Crippen molar-refractivity contribution in [3.63, 3.8) is 0 Å². The molecule has 3 aromatic carbocycles. The first-order valence-corrected chi connectivity index (χ1v) is 9.85. The monoisotopic (exact) mass is 387 g/mol. The Kier molecular flexibility index (Phi) is 5.36. The quantitative estimate of drug-likeness (QED) is 0.677. The molecule has 4 nitrogen and oxygen atoms in total. The zero-order valence-corrected chi connectivity index (χ0v) is 16.7. The number of hydrogen-bond acceptors (Lipinski definition) is 3. The van der Waals surface area contributed by atoms with E-state index in [1.807, 2.05) is 55.5 Å². The minimum atomic E-state index is -0.750. The first-order chi connectivity index (χ1) is 14.0. The molecule has 0 fully saturated rings. The largest absolute Gasteiger partial charge is 0.448 e. The molecule has 1 aliphatic carbocycles. The van der Waals surface area contributed by atoms with E-state index in [0.717, 1.165) is 11.1 Å². The van der Waals surface area contributed by atoms with Gasteiger partial charge in [-0.1, -0.05) is 78.4 Å². The third-order valence-electron chi connectivity index (χ3n) is 5.52. The van der Waals surface area contributed by atoms with Crippen LogP contribution in [0.1, 0.15) is 34.3 Å². The number of aliphatic hydroxyl groups excluding tert-OH is 1. The van der Waals surface area contributed by atoms with Crippen LogP contribution in [0.3, 0.4) is 0 Å². The molecule has 0 saturated heterocycles. The van der Waals surface area contributed by atoms with Crippen LogP contribution in [0.2, 0.25) is 0 Å². The Balaban J connectivity index is 1.42. The fraction of sp³-hybridized carbons (Fsp3) is 0.240. The minimum Gasteiger partial charge on any atom is -0.448 e.